The molecular weight excluding hydrogens is 480 g/mol. The number of carbonyl (C=O) groups is 1. The van der Waals surface area contributed by atoms with Crippen LogP contribution in [-0.4, -0.2) is 41.7 Å². The summed E-state index contributed by atoms with van der Waals surface area (Å²) in [5.41, 5.74) is 2.05. The van der Waals surface area contributed by atoms with E-state index >= 15 is 0 Å². The Labute approximate surface area is 214 Å². The standard InChI is InChI=1S/C26H25ClN6O3/c1-35-20-14-21(25(27)22(15-20)36-2)32-26(34)33(13-11-18-8-6-7-12-28-18)24-16-23(29-17-30-24)31-19-9-4-3-5-10-19/h3-10,12,14-17H,11,13H2,1-2H3,(H,32,34)(H,29,30,31). The first kappa shape index (κ1) is 24.7. The van der Waals surface area contributed by atoms with E-state index in [4.69, 9.17) is 21.1 Å². The van der Waals surface area contributed by atoms with E-state index in [1.54, 1.807) is 24.4 Å². The van der Waals surface area contributed by atoms with E-state index in [-0.39, 0.29) is 5.02 Å². The van der Waals surface area contributed by atoms with Crippen LogP contribution in [0.4, 0.5) is 27.8 Å². The molecule has 0 aliphatic carbocycles. The molecule has 4 rings (SSSR count). The average Bonchev–Trinajstić information content (AvgIpc) is 2.91. The number of methoxy groups -OCH3 is 2. The lowest BCUT2D eigenvalue weighted by molar-refractivity contribution is 0.257. The van der Waals surface area contributed by atoms with Crippen molar-refractivity contribution in [2.45, 2.75) is 6.42 Å². The monoisotopic (exact) mass is 504 g/mol. The number of para-hydroxylation sites is 1. The van der Waals surface area contributed by atoms with E-state index in [2.05, 4.69) is 25.6 Å². The molecule has 10 heteroatoms. The van der Waals surface area contributed by atoms with Crippen LogP contribution >= 0.6 is 11.6 Å². The number of halogens is 1. The fourth-order valence-electron chi connectivity index (χ4n) is 3.44. The highest BCUT2D eigenvalue weighted by molar-refractivity contribution is 6.35. The van der Waals surface area contributed by atoms with Gasteiger partial charge < -0.3 is 20.1 Å². The molecule has 0 radical (unpaired) electrons. The van der Waals surface area contributed by atoms with Gasteiger partial charge in [0.05, 0.1) is 19.9 Å². The summed E-state index contributed by atoms with van der Waals surface area (Å²) in [5, 5.41) is 6.34. The predicted octanol–water partition coefficient (Wildman–Crippen LogP) is 5.57. The minimum Gasteiger partial charge on any atom is -0.497 e. The summed E-state index contributed by atoms with van der Waals surface area (Å²) < 4.78 is 10.6. The van der Waals surface area contributed by atoms with Crippen molar-refractivity contribution in [2.75, 3.05) is 36.3 Å². The second-order valence-electron chi connectivity index (χ2n) is 7.60. The van der Waals surface area contributed by atoms with Crippen molar-refractivity contribution in [3.8, 4) is 11.5 Å². The second kappa shape index (κ2) is 11.9. The lowest BCUT2D eigenvalue weighted by Gasteiger charge is -2.23. The van der Waals surface area contributed by atoms with E-state index in [9.17, 15) is 4.79 Å². The predicted molar refractivity (Wildman–Crippen MR) is 141 cm³/mol. The van der Waals surface area contributed by atoms with Crippen LogP contribution in [0, 0.1) is 0 Å². The molecular formula is C26H25ClN6O3. The minimum atomic E-state index is -0.438. The third-order valence-electron chi connectivity index (χ3n) is 5.25. The van der Waals surface area contributed by atoms with Crippen LogP contribution in [0.25, 0.3) is 0 Å². The molecule has 0 aliphatic heterocycles. The number of carbonyl (C=O) groups excluding carboxylic acids is 1. The van der Waals surface area contributed by atoms with Crippen LogP contribution in [-0.2, 0) is 6.42 Å². The van der Waals surface area contributed by atoms with Crippen LogP contribution < -0.4 is 25.0 Å². The highest BCUT2D eigenvalue weighted by Gasteiger charge is 2.21. The minimum absolute atomic E-state index is 0.255. The van der Waals surface area contributed by atoms with Gasteiger partial charge in [-0.2, -0.15) is 0 Å². The van der Waals surface area contributed by atoms with Gasteiger partial charge in [0, 0.05) is 48.7 Å². The zero-order chi connectivity index (χ0) is 25.3. The fourth-order valence-corrected chi connectivity index (χ4v) is 3.67. The van der Waals surface area contributed by atoms with Gasteiger partial charge in [0.25, 0.3) is 0 Å². The molecule has 0 bridgehead atoms. The quantitative estimate of drug-likeness (QED) is 0.307. The maximum Gasteiger partial charge on any atom is 0.327 e. The number of rotatable bonds is 9. The first-order valence-corrected chi connectivity index (χ1v) is 11.5. The molecule has 0 spiro atoms. The van der Waals surface area contributed by atoms with Crippen LogP contribution in [0.1, 0.15) is 5.69 Å². The highest BCUT2D eigenvalue weighted by atomic mass is 35.5. The van der Waals surface area contributed by atoms with Crippen molar-refractivity contribution < 1.29 is 14.3 Å². The normalized spacial score (nSPS) is 10.4. The Morgan fingerprint density at radius 2 is 1.78 bits per heavy atom. The van der Waals surface area contributed by atoms with E-state index in [0.717, 1.165) is 11.4 Å². The Kier molecular flexibility index (Phi) is 8.15. The smallest absolute Gasteiger partial charge is 0.327 e. The van der Waals surface area contributed by atoms with Crippen LogP contribution in [0.15, 0.2) is 79.3 Å². The molecule has 0 fully saturated rings. The van der Waals surface area contributed by atoms with Crippen molar-refractivity contribution in [3.63, 3.8) is 0 Å². The van der Waals surface area contributed by atoms with Gasteiger partial charge in [0.2, 0.25) is 0 Å². The van der Waals surface area contributed by atoms with Gasteiger partial charge in [-0.25, -0.2) is 14.8 Å². The highest BCUT2D eigenvalue weighted by Crippen LogP contribution is 2.37. The summed E-state index contributed by atoms with van der Waals surface area (Å²) in [6.45, 7) is 0.309. The van der Waals surface area contributed by atoms with Crippen LogP contribution in [0.5, 0.6) is 11.5 Å². The largest absolute Gasteiger partial charge is 0.497 e. The summed E-state index contributed by atoms with van der Waals surface area (Å²) in [4.78, 5) is 28.0. The molecule has 36 heavy (non-hydrogen) atoms. The number of amides is 2. The van der Waals surface area contributed by atoms with Gasteiger partial charge in [-0.05, 0) is 24.3 Å². The number of hydrogen-bond donors (Lipinski definition) is 2. The summed E-state index contributed by atoms with van der Waals surface area (Å²) in [6, 6.07) is 19.8. The summed E-state index contributed by atoms with van der Waals surface area (Å²) >= 11 is 6.46. The van der Waals surface area contributed by atoms with Crippen molar-refractivity contribution in [2.24, 2.45) is 0 Å². The van der Waals surface area contributed by atoms with Crippen LogP contribution in [0.3, 0.4) is 0 Å². The zero-order valence-corrected chi connectivity index (χ0v) is 20.6. The Hall–Kier alpha value is -4.37. The molecule has 0 unspecified atom stereocenters. The number of nitrogens with zero attached hydrogens (tertiary/aromatic N) is 4. The Morgan fingerprint density at radius 3 is 2.50 bits per heavy atom. The number of nitrogens with one attached hydrogen (secondary N) is 2. The molecule has 0 aliphatic rings. The van der Waals surface area contributed by atoms with E-state index in [1.165, 1.54) is 25.4 Å². The third-order valence-corrected chi connectivity index (χ3v) is 5.64. The molecule has 0 atom stereocenters. The van der Waals surface area contributed by atoms with Crippen molar-refractivity contribution in [3.05, 3.63) is 90.0 Å². The van der Waals surface area contributed by atoms with Gasteiger partial charge in [-0.1, -0.05) is 35.9 Å². The van der Waals surface area contributed by atoms with E-state index in [1.807, 2.05) is 48.5 Å². The van der Waals surface area contributed by atoms with Crippen molar-refractivity contribution >= 4 is 40.6 Å². The van der Waals surface area contributed by atoms with Gasteiger partial charge in [0.1, 0.15) is 34.5 Å². The molecule has 184 valence electrons. The molecule has 4 aromatic rings. The fraction of sp³-hybridized carbons (Fsp3) is 0.154. The molecule has 9 nitrogen and oxygen atoms in total. The molecule has 0 saturated carbocycles. The van der Waals surface area contributed by atoms with E-state index in [0.29, 0.717) is 41.8 Å². The van der Waals surface area contributed by atoms with Gasteiger partial charge >= 0.3 is 6.03 Å². The number of ether oxygens (including phenoxy) is 2. The maximum absolute atomic E-state index is 13.5. The first-order valence-electron chi connectivity index (χ1n) is 11.1. The zero-order valence-electron chi connectivity index (χ0n) is 19.8. The molecule has 0 saturated heterocycles. The first-order chi connectivity index (χ1) is 17.6. The SMILES string of the molecule is COc1cc(NC(=O)N(CCc2ccccn2)c2cc(Nc3ccccc3)ncn2)c(Cl)c(OC)c1. The number of hydrogen-bond acceptors (Lipinski definition) is 7. The molecule has 2 amide bonds. The summed E-state index contributed by atoms with van der Waals surface area (Å²) in [5.74, 6) is 1.82. The maximum atomic E-state index is 13.5. The van der Waals surface area contributed by atoms with Gasteiger partial charge in [0.15, 0.2) is 0 Å². The lowest BCUT2D eigenvalue weighted by Crippen LogP contribution is -2.37. The average molecular weight is 505 g/mol. The second-order valence-corrected chi connectivity index (χ2v) is 7.97. The molecule has 2 aromatic heterocycles. The molecule has 2 N–H and O–H groups in total. The number of pyridine rings is 1. The van der Waals surface area contributed by atoms with Crippen molar-refractivity contribution in [1.82, 2.24) is 15.0 Å². The topological polar surface area (TPSA) is 102 Å². The molecule has 2 aromatic carbocycles. The Balaban J connectivity index is 1.63. The third kappa shape index (κ3) is 6.19. The summed E-state index contributed by atoms with van der Waals surface area (Å²) in [7, 11) is 3.02. The number of urea groups is 1. The van der Waals surface area contributed by atoms with E-state index < -0.39 is 6.03 Å². The Bertz CT molecular complexity index is 1310. The lowest BCUT2D eigenvalue weighted by atomic mass is 10.2. The van der Waals surface area contributed by atoms with Gasteiger partial charge in [-0.3, -0.25) is 9.88 Å². The number of benzene rings is 2. The number of aromatic nitrogens is 3. The van der Waals surface area contributed by atoms with Gasteiger partial charge in [-0.15, -0.1) is 0 Å². The Morgan fingerprint density at radius 1 is 0.972 bits per heavy atom. The number of anilines is 4. The van der Waals surface area contributed by atoms with Crippen molar-refractivity contribution in [1.29, 1.82) is 0 Å². The molecule has 2 heterocycles. The summed E-state index contributed by atoms with van der Waals surface area (Å²) in [6.07, 6.45) is 3.63. The van der Waals surface area contributed by atoms with Crippen LogP contribution in [0.2, 0.25) is 5.02 Å².